The van der Waals surface area contributed by atoms with Gasteiger partial charge in [-0.3, -0.25) is 4.79 Å². The van der Waals surface area contributed by atoms with Crippen LogP contribution in [-0.2, 0) is 4.79 Å². The Balaban J connectivity index is 3.54. The molecular formula is C8H15NO. The zero-order chi connectivity index (χ0) is 8.15. The molecular weight excluding hydrogens is 126 g/mol. The highest BCUT2D eigenvalue weighted by molar-refractivity contribution is 5.99. The molecule has 0 saturated carbocycles. The lowest BCUT2D eigenvalue weighted by atomic mass is 10.0. The number of hydrogen-bond donors (Lipinski definition) is 1. The summed E-state index contributed by atoms with van der Waals surface area (Å²) in [7, 11) is 0. The van der Waals surface area contributed by atoms with Gasteiger partial charge in [-0.05, 0) is 19.3 Å². The van der Waals surface area contributed by atoms with Crippen molar-refractivity contribution in [1.29, 1.82) is 5.41 Å². The molecule has 2 heteroatoms. The molecule has 0 aromatic rings. The summed E-state index contributed by atoms with van der Waals surface area (Å²) in [6.45, 7) is 5.62. The molecule has 0 aliphatic heterocycles. The third kappa shape index (κ3) is 5.48. The van der Waals surface area contributed by atoms with Gasteiger partial charge in [-0.2, -0.15) is 0 Å². The molecule has 0 spiro atoms. The second-order valence-corrected chi connectivity index (χ2v) is 3.08. The van der Waals surface area contributed by atoms with E-state index in [2.05, 4.69) is 13.8 Å². The normalized spacial score (nSPS) is 10.0. The Kier molecular flexibility index (Phi) is 3.93. The Morgan fingerprint density at radius 3 is 2.30 bits per heavy atom. The van der Waals surface area contributed by atoms with Gasteiger partial charge in [0.15, 0.2) is 0 Å². The zero-order valence-corrected chi connectivity index (χ0v) is 6.90. The van der Waals surface area contributed by atoms with E-state index in [0.717, 1.165) is 6.42 Å². The number of carbonyl (C=O) groups excluding carboxylic acids is 1. The number of nitrogens with one attached hydrogen (secondary N) is 1. The van der Waals surface area contributed by atoms with E-state index in [-0.39, 0.29) is 5.78 Å². The molecule has 0 bridgehead atoms. The second-order valence-electron chi connectivity index (χ2n) is 3.08. The van der Waals surface area contributed by atoms with Gasteiger partial charge in [-0.25, -0.2) is 0 Å². The van der Waals surface area contributed by atoms with Gasteiger partial charge in [0.2, 0.25) is 0 Å². The van der Waals surface area contributed by atoms with Crippen LogP contribution in [0.15, 0.2) is 0 Å². The summed E-state index contributed by atoms with van der Waals surface area (Å²) in [5.74, 6) is 0.581. The van der Waals surface area contributed by atoms with Crippen molar-refractivity contribution < 1.29 is 4.79 Å². The monoisotopic (exact) mass is 141 g/mol. The summed E-state index contributed by atoms with van der Waals surface area (Å²) in [5.41, 5.74) is 0.558. The molecule has 1 N–H and O–H groups in total. The fourth-order valence-electron chi connectivity index (χ4n) is 0.865. The van der Waals surface area contributed by atoms with Crippen LogP contribution in [0.3, 0.4) is 0 Å². The van der Waals surface area contributed by atoms with E-state index < -0.39 is 0 Å². The predicted octanol–water partition coefficient (Wildman–Crippen LogP) is 2.03. The van der Waals surface area contributed by atoms with Crippen molar-refractivity contribution in [2.75, 3.05) is 0 Å². The predicted molar refractivity (Wildman–Crippen MR) is 42.5 cm³/mol. The van der Waals surface area contributed by atoms with Crippen molar-refractivity contribution in [2.45, 2.75) is 33.6 Å². The Labute approximate surface area is 62.1 Å². The van der Waals surface area contributed by atoms with Crippen molar-refractivity contribution in [2.24, 2.45) is 5.92 Å². The van der Waals surface area contributed by atoms with E-state index in [4.69, 9.17) is 5.41 Å². The van der Waals surface area contributed by atoms with Crippen molar-refractivity contribution in [3.05, 3.63) is 0 Å². The topological polar surface area (TPSA) is 40.9 Å². The molecule has 0 radical (unpaired) electrons. The number of hydrogen-bond acceptors (Lipinski definition) is 2. The lowest BCUT2D eigenvalue weighted by molar-refractivity contribution is -0.115. The molecule has 0 saturated heterocycles. The first kappa shape index (κ1) is 9.34. The van der Waals surface area contributed by atoms with Crippen LogP contribution in [0.1, 0.15) is 33.6 Å². The van der Waals surface area contributed by atoms with Crippen LogP contribution in [0.25, 0.3) is 0 Å². The minimum Gasteiger partial charge on any atom is -0.309 e. The van der Waals surface area contributed by atoms with E-state index in [1.165, 1.54) is 6.92 Å². The van der Waals surface area contributed by atoms with Crippen molar-refractivity contribution in [1.82, 2.24) is 0 Å². The van der Waals surface area contributed by atoms with E-state index >= 15 is 0 Å². The maximum absolute atomic E-state index is 10.5. The van der Waals surface area contributed by atoms with Gasteiger partial charge in [0, 0.05) is 12.1 Å². The summed E-state index contributed by atoms with van der Waals surface area (Å²) in [5, 5.41) is 7.33. The Morgan fingerprint density at radius 1 is 1.50 bits per heavy atom. The maximum atomic E-state index is 10.5. The third-order valence-corrected chi connectivity index (χ3v) is 1.12. The highest BCUT2D eigenvalue weighted by atomic mass is 16.1. The Morgan fingerprint density at radius 2 is 2.00 bits per heavy atom. The lowest BCUT2D eigenvalue weighted by Crippen LogP contribution is -2.06. The number of carbonyl (C=O) groups is 1. The van der Waals surface area contributed by atoms with E-state index in [9.17, 15) is 4.79 Å². The molecule has 10 heavy (non-hydrogen) atoms. The average molecular weight is 141 g/mol. The standard InChI is InChI=1S/C8H15NO/c1-6(2)4-8(9)5-7(3)10/h6,9H,4-5H2,1-3H3. The first-order chi connectivity index (χ1) is 4.52. The molecule has 0 rings (SSSR count). The molecule has 0 unspecified atom stereocenters. The van der Waals surface area contributed by atoms with Crippen molar-refractivity contribution in [3.63, 3.8) is 0 Å². The minimum atomic E-state index is 0.0886. The molecule has 2 nitrogen and oxygen atoms in total. The van der Waals surface area contributed by atoms with Crippen LogP contribution in [0, 0.1) is 11.3 Å². The molecule has 0 heterocycles. The van der Waals surface area contributed by atoms with Gasteiger partial charge >= 0.3 is 0 Å². The quantitative estimate of drug-likeness (QED) is 0.598. The van der Waals surface area contributed by atoms with Crippen LogP contribution in [0.2, 0.25) is 0 Å². The first-order valence-electron chi connectivity index (χ1n) is 3.58. The fourth-order valence-corrected chi connectivity index (χ4v) is 0.865. The van der Waals surface area contributed by atoms with Gasteiger partial charge in [0.25, 0.3) is 0 Å². The average Bonchev–Trinajstić information content (AvgIpc) is 1.58. The maximum Gasteiger partial charge on any atom is 0.135 e. The zero-order valence-electron chi connectivity index (χ0n) is 6.90. The lowest BCUT2D eigenvalue weighted by Gasteiger charge is -2.03. The number of ketones is 1. The van der Waals surface area contributed by atoms with Crippen LogP contribution < -0.4 is 0 Å². The highest BCUT2D eigenvalue weighted by Gasteiger charge is 2.02. The third-order valence-electron chi connectivity index (χ3n) is 1.12. The number of Topliss-reactive ketones (excluding diaryl/α,β-unsaturated/α-hetero) is 1. The van der Waals surface area contributed by atoms with E-state index in [1.54, 1.807) is 0 Å². The SMILES string of the molecule is CC(=O)CC(=N)CC(C)C. The summed E-state index contributed by atoms with van der Waals surface area (Å²) >= 11 is 0. The summed E-state index contributed by atoms with van der Waals surface area (Å²) in [6, 6.07) is 0. The molecule has 0 aromatic carbocycles. The minimum absolute atomic E-state index is 0.0886. The van der Waals surface area contributed by atoms with Crippen molar-refractivity contribution >= 4 is 11.5 Å². The van der Waals surface area contributed by atoms with Gasteiger partial charge < -0.3 is 5.41 Å². The van der Waals surface area contributed by atoms with E-state index in [0.29, 0.717) is 18.1 Å². The molecule has 0 aliphatic carbocycles. The second kappa shape index (κ2) is 4.20. The highest BCUT2D eigenvalue weighted by Crippen LogP contribution is 2.02. The van der Waals surface area contributed by atoms with Crippen LogP contribution in [-0.4, -0.2) is 11.5 Å². The molecule has 0 aliphatic rings. The summed E-state index contributed by atoms with van der Waals surface area (Å²) in [4.78, 5) is 10.5. The Hall–Kier alpha value is -0.660. The van der Waals surface area contributed by atoms with Gasteiger partial charge in [-0.15, -0.1) is 0 Å². The molecule has 0 atom stereocenters. The molecule has 0 amide bonds. The smallest absolute Gasteiger partial charge is 0.135 e. The Bertz CT molecular complexity index is 138. The number of rotatable bonds is 4. The van der Waals surface area contributed by atoms with Crippen LogP contribution in [0.4, 0.5) is 0 Å². The summed E-state index contributed by atoms with van der Waals surface area (Å²) in [6.07, 6.45) is 1.08. The van der Waals surface area contributed by atoms with Crippen LogP contribution >= 0.6 is 0 Å². The van der Waals surface area contributed by atoms with Crippen molar-refractivity contribution in [3.8, 4) is 0 Å². The molecule has 0 aromatic heterocycles. The molecule has 0 fully saturated rings. The fraction of sp³-hybridized carbons (Fsp3) is 0.750. The van der Waals surface area contributed by atoms with E-state index in [1.807, 2.05) is 0 Å². The summed E-state index contributed by atoms with van der Waals surface area (Å²) < 4.78 is 0. The van der Waals surface area contributed by atoms with Gasteiger partial charge in [0.1, 0.15) is 5.78 Å². The van der Waals surface area contributed by atoms with Gasteiger partial charge in [0.05, 0.1) is 0 Å². The first-order valence-corrected chi connectivity index (χ1v) is 3.58. The van der Waals surface area contributed by atoms with Gasteiger partial charge in [-0.1, -0.05) is 13.8 Å². The largest absolute Gasteiger partial charge is 0.309 e. The van der Waals surface area contributed by atoms with Crippen LogP contribution in [0.5, 0.6) is 0 Å². The molecule has 58 valence electrons.